The molecule has 5 aromatic rings. The Bertz CT molecular complexity index is 1580. The molecule has 1 amide bonds. The lowest BCUT2D eigenvalue weighted by molar-refractivity contribution is 0.0997. The van der Waals surface area contributed by atoms with E-state index in [0.29, 0.717) is 22.0 Å². The van der Waals surface area contributed by atoms with E-state index in [9.17, 15) is 4.79 Å². The van der Waals surface area contributed by atoms with Crippen molar-refractivity contribution < 1.29 is 9.21 Å². The molecule has 8 heteroatoms. The molecule has 0 fully saturated rings. The number of halogens is 1. The van der Waals surface area contributed by atoms with Crippen LogP contribution in [0, 0.1) is 13.8 Å². The smallest absolute Gasteiger partial charge is 0.291 e. The maximum absolute atomic E-state index is 13.0. The standard InChI is InChI=1S/C29H28ClN5O2/c1-5-34(6-2)21-9-11-22(12-10-21)35-32-25-15-19(4)24(17-26(25)33-35)31-29(36)28-14-13-27(37-28)20-8-7-18(3)23(30)16-20/h7-17H,5-6H2,1-4H3,(H,31,36). The number of benzene rings is 3. The van der Waals surface area contributed by atoms with Gasteiger partial charge in [0.05, 0.1) is 5.69 Å². The summed E-state index contributed by atoms with van der Waals surface area (Å²) in [6.45, 7) is 10.1. The molecule has 0 saturated carbocycles. The molecule has 0 saturated heterocycles. The third-order valence-corrected chi connectivity index (χ3v) is 6.88. The Hall–Kier alpha value is -4.10. The molecule has 37 heavy (non-hydrogen) atoms. The van der Waals surface area contributed by atoms with Crippen LogP contribution in [0.3, 0.4) is 0 Å². The molecule has 188 valence electrons. The molecule has 0 atom stereocenters. The minimum Gasteiger partial charge on any atom is -0.451 e. The number of hydrogen-bond acceptors (Lipinski definition) is 5. The highest BCUT2D eigenvalue weighted by Crippen LogP contribution is 2.28. The summed E-state index contributed by atoms with van der Waals surface area (Å²) >= 11 is 6.24. The molecule has 0 radical (unpaired) electrons. The number of carbonyl (C=O) groups excluding carboxylic acids is 1. The van der Waals surface area contributed by atoms with Crippen LogP contribution < -0.4 is 10.2 Å². The van der Waals surface area contributed by atoms with Crippen LogP contribution in [-0.2, 0) is 0 Å². The van der Waals surface area contributed by atoms with E-state index < -0.39 is 0 Å². The lowest BCUT2D eigenvalue weighted by Gasteiger charge is -2.20. The van der Waals surface area contributed by atoms with Gasteiger partial charge in [0.15, 0.2) is 5.76 Å². The van der Waals surface area contributed by atoms with Gasteiger partial charge in [-0.1, -0.05) is 23.7 Å². The van der Waals surface area contributed by atoms with E-state index in [4.69, 9.17) is 16.0 Å². The predicted molar refractivity (Wildman–Crippen MR) is 149 cm³/mol. The van der Waals surface area contributed by atoms with Gasteiger partial charge in [0.1, 0.15) is 16.8 Å². The molecular weight excluding hydrogens is 486 g/mol. The van der Waals surface area contributed by atoms with Crippen molar-refractivity contribution in [3.05, 3.63) is 88.6 Å². The summed E-state index contributed by atoms with van der Waals surface area (Å²) in [6, 6.07) is 21.0. The minimum absolute atomic E-state index is 0.211. The van der Waals surface area contributed by atoms with E-state index in [1.165, 1.54) is 0 Å². The first-order valence-corrected chi connectivity index (χ1v) is 12.6. The summed E-state index contributed by atoms with van der Waals surface area (Å²) in [5.74, 6) is 0.448. The van der Waals surface area contributed by atoms with E-state index in [-0.39, 0.29) is 11.7 Å². The molecule has 1 N–H and O–H groups in total. The number of carbonyl (C=O) groups is 1. The topological polar surface area (TPSA) is 76.2 Å². The van der Waals surface area contributed by atoms with Gasteiger partial charge in [0.2, 0.25) is 0 Å². The first-order valence-electron chi connectivity index (χ1n) is 12.3. The quantitative estimate of drug-likeness (QED) is 0.252. The fourth-order valence-electron chi connectivity index (χ4n) is 4.25. The lowest BCUT2D eigenvalue weighted by atomic mass is 10.1. The first-order chi connectivity index (χ1) is 17.9. The second-order valence-corrected chi connectivity index (χ2v) is 9.32. The van der Waals surface area contributed by atoms with Crippen LogP contribution in [0.1, 0.15) is 35.5 Å². The summed E-state index contributed by atoms with van der Waals surface area (Å²) in [7, 11) is 0. The van der Waals surface area contributed by atoms with Gasteiger partial charge in [-0.3, -0.25) is 4.79 Å². The molecule has 0 aliphatic heterocycles. The summed E-state index contributed by atoms with van der Waals surface area (Å²) in [5.41, 5.74) is 6.79. The number of aromatic nitrogens is 3. The minimum atomic E-state index is -0.341. The van der Waals surface area contributed by atoms with E-state index in [1.807, 2.05) is 56.3 Å². The molecule has 0 aliphatic rings. The van der Waals surface area contributed by atoms with Crippen molar-refractivity contribution in [2.24, 2.45) is 0 Å². The number of nitrogens with one attached hydrogen (secondary N) is 1. The molecule has 0 unspecified atom stereocenters. The Morgan fingerprint density at radius 1 is 0.919 bits per heavy atom. The summed E-state index contributed by atoms with van der Waals surface area (Å²) in [6.07, 6.45) is 0. The second-order valence-electron chi connectivity index (χ2n) is 8.92. The van der Waals surface area contributed by atoms with E-state index in [0.717, 1.165) is 46.7 Å². The van der Waals surface area contributed by atoms with Crippen molar-refractivity contribution in [3.8, 4) is 17.0 Å². The Kier molecular flexibility index (Phi) is 6.72. The molecule has 0 spiro atoms. The fraction of sp³-hybridized carbons (Fsp3) is 0.207. The zero-order valence-corrected chi connectivity index (χ0v) is 22.0. The van der Waals surface area contributed by atoms with E-state index in [1.54, 1.807) is 16.9 Å². The van der Waals surface area contributed by atoms with Gasteiger partial charge in [-0.05, 0) is 93.4 Å². The van der Waals surface area contributed by atoms with Gasteiger partial charge < -0.3 is 14.6 Å². The van der Waals surface area contributed by atoms with E-state index in [2.05, 4.69) is 46.4 Å². The highest BCUT2D eigenvalue weighted by Gasteiger charge is 2.16. The van der Waals surface area contributed by atoms with Crippen LogP contribution in [0.2, 0.25) is 5.02 Å². The molecule has 0 aliphatic carbocycles. The van der Waals surface area contributed by atoms with Crippen molar-refractivity contribution in [3.63, 3.8) is 0 Å². The second kappa shape index (κ2) is 10.1. The van der Waals surface area contributed by atoms with Crippen molar-refractivity contribution >= 4 is 39.9 Å². The number of nitrogens with zero attached hydrogens (tertiary/aromatic N) is 4. The number of aryl methyl sites for hydroxylation is 2. The van der Waals surface area contributed by atoms with Crippen LogP contribution in [0.4, 0.5) is 11.4 Å². The lowest BCUT2D eigenvalue weighted by Crippen LogP contribution is -2.21. The first kappa shape index (κ1) is 24.6. The SMILES string of the molecule is CCN(CC)c1ccc(-n2nc3cc(C)c(NC(=O)c4ccc(-c5ccc(C)c(Cl)c5)o4)cc3n2)cc1. The number of fused-ring (bicyclic) bond motifs is 1. The number of furan rings is 1. The maximum atomic E-state index is 13.0. The van der Waals surface area contributed by atoms with Gasteiger partial charge in [-0.15, -0.1) is 10.2 Å². The van der Waals surface area contributed by atoms with Crippen LogP contribution >= 0.6 is 11.6 Å². The maximum Gasteiger partial charge on any atom is 0.291 e. The van der Waals surface area contributed by atoms with Crippen molar-refractivity contribution in [1.29, 1.82) is 0 Å². The van der Waals surface area contributed by atoms with Gasteiger partial charge in [-0.25, -0.2) is 0 Å². The van der Waals surface area contributed by atoms with Crippen LogP contribution in [0.15, 0.2) is 71.1 Å². The summed E-state index contributed by atoms with van der Waals surface area (Å²) in [5, 5.41) is 12.9. The highest BCUT2D eigenvalue weighted by atomic mass is 35.5. The van der Waals surface area contributed by atoms with Gasteiger partial charge in [-0.2, -0.15) is 4.80 Å². The van der Waals surface area contributed by atoms with Gasteiger partial charge in [0.25, 0.3) is 5.91 Å². The van der Waals surface area contributed by atoms with Gasteiger partial charge >= 0.3 is 0 Å². The molecule has 3 aromatic carbocycles. The average molecular weight is 514 g/mol. The molecule has 0 bridgehead atoms. The predicted octanol–water partition coefficient (Wildman–Crippen LogP) is 7.05. The van der Waals surface area contributed by atoms with Crippen molar-refractivity contribution in [1.82, 2.24) is 15.0 Å². The zero-order valence-electron chi connectivity index (χ0n) is 21.2. The number of rotatable bonds is 7. The molecule has 7 nitrogen and oxygen atoms in total. The third kappa shape index (κ3) is 4.95. The van der Waals surface area contributed by atoms with Crippen LogP contribution in [-0.4, -0.2) is 34.0 Å². The molecule has 2 heterocycles. The molecular formula is C29H28ClN5O2. The van der Waals surface area contributed by atoms with Crippen molar-refractivity contribution in [2.75, 3.05) is 23.3 Å². The van der Waals surface area contributed by atoms with Crippen molar-refractivity contribution in [2.45, 2.75) is 27.7 Å². The molecule has 2 aromatic heterocycles. The Balaban J connectivity index is 1.36. The number of anilines is 2. The third-order valence-electron chi connectivity index (χ3n) is 6.47. The van der Waals surface area contributed by atoms with E-state index >= 15 is 0 Å². The van der Waals surface area contributed by atoms with Crippen LogP contribution in [0.25, 0.3) is 28.0 Å². The van der Waals surface area contributed by atoms with Gasteiger partial charge in [0, 0.05) is 35.1 Å². The normalized spacial score (nSPS) is 11.2. The zero-order chi connectivity index (χ0) is 26.1. The monoisotopic (exact) mass is 513 g/mol. The average Bonchev–Trinajstić information content (AvgIpc) is 3.55. The highest BCUT2D eigenvalue weighted by molar-refractivity contribution is 6.31. The largest absolute Gasteiger partial charge is 0.451 e. The summed E-state index contributed by atoms with van der Waals surface area (Å²) in [4.78, 5) is 16.9. The molecule has 5 rings (SSSR count). The Morgan fingerprint density at radius 2 is 1.62 bits per heavy atom. The number of amides is 1. The fourth-order valence-corrected chi connectivity index (χ4v) is 4.43. The van der Waals surface area contributed by atoms with Crippen LogP contribution in [0.5, 0.6) is 0 Å². The Labute approximate surface area is 220 Å². The summed E-state index contributed by atoms with van der Waals surface area (Å²) < 4.78 is 5.82. The number of hydrogen-bond donors (Lipinski definition) is 1. The Morgan fingerprint density at radius 3 is 2.30 bits per heavy atom.